The molecule has 0 aromatic heterocycles. The van der Waals surface area contributed by atoms with Gasteiger partial charge in [0.15, 0.2) is 0 Å². The summed E-state index contributed by atoms with van der Waals surface area (Å²) in [5.41, 5.74) is 1.05. The summed E-state index contributed by atoms with van der Waals surface area (Å²) in [6.07, 6.45) is 5.87. The molecule has 1 saturated carbocycles. The summed E-state index contributed by atoms with van der Waals surface area (Å²) < 4.78 is 0. The van der Waals surface area contributed by atoms with Crippen LogP contribution in [0.25, 0.3) is 0 Å². The Morgan fingerprint density at radius 2 is 2.00 bits per heavy atom. The van der Waals surface area contributed by atoms with Gasteiger partial charge in [-0.05, 0) is 56.2 Å². The van der Waals surface area contributed by atoms with Crippen LogP contribution in [0, 0.1) is 11.3 Å². The minimum absolute atomic E-state index is 0.117. The van der Waals surface area contributed by atoms with Crippen molar-refractivity contribution in [3.05, 3.63) is 34.9 Å². The van der Waals surface area contributed by atoms with Crippen LogP contribution in [0.5, 0.6) is 0 Å². The maximum Gasteiger partial charge on any atom is 0.230 e. The highest BCUT2D eigenvalue weighted by molar-refractivity contribution is 6.31. The maximum atomic E-state index is 13.1. The van der Waals surface area contributed by atoms with E-state index in [1.165, 1.54) is 24.8 Å². The van der Waals surface area contributed by atoms with Gasteiger partial charge in [-0.3, -0.25) is 9.69 Å². The molecule has 1 amide bonds. The molecule has 4 rings (SSSR count). The molecular weight excluding hydrogens is 308 g/mol. The fourth-order valence-corrected chi connectivity index (χ4v) is 4.47. The van der Waals surface area contributed by atoms with Gasteiger partial charge in [0.1, 0.15) is 0 Å². The molecule has 23 heavy (non-hydrogen) atoms. The standard InChI is InChI=1S/C19H25ClN2O/c20-17-5-2-1-4-16(17)13-21-11-9-19(14-21)8-3-10-22(18(19)23)12-15-6-7-15/h1-2,4-5,15H,3,6-14H2/t19-/m0/s1. The van der Waals surface area contributed by atoms with Gasteiger partial charge in [-0.15, -0.1) is 0 Å². The highest BCUT2D eigenvalue weighted by Gasteiger charge is 2.48. The largest absolute Gasteiger partial charge is 0.342 e. The molecule has 2 heterocycles. The van der Waals surface area contributed by atoms with Crippen LogP contribution in [0.4, 0.5) is 0 Å². The second-order valence-corrected chi connectivity index (χ2v) is 8.04. The fraction of sp³-hybridized carbons (Fsp3) is 0.632. The van der Waals surface area contributed by atoms with E-state index in [9.17, 15) is 4.79 Å². The molecule has 2 saturated heterocycles. The third-order valence-corrected chi connectivity index (χ3v) is 6.15. The molecule has 0 N–H and O–H groups in total. The van der Waals surface area contributed by atoms with E-state index in [4.69, 9.17) is 11.6 Å². The number of likely N-dealkylation sites (tertiary alicyclic amines) is 2. The van der Waals surface area contributed by atoms with Crippen molar-refractivity contribution in [3.63, 3.8) is 0 Å². The number of nitrogens with zero attached hydrogens (tertiary/aromatic N) is 2. The highest BCUT2D eigenvalue weighted by atomic mass is 35.5. The molecule has 4 heteroatoms. The lowest BCUT2D eigenvalue weighted by molar-refractivity contribution is -0.145. The summed E-state index contributed by atoms with van der Waals surface area (Å²) in [4.78, 5) is 17.6. The Morgan fingerprint density at radius 3 is 2.78 bits per heavy atom. The number of carbonyl (C=O) groups is 1. The Balaban J connectivity index is 1.43. The van der Waals surface area contributed by atoms with Crippen LogP contribution in [0.1, 0.15) is 37.7 Å². The van der Waals surface area contributed by atoms with Crippen molar-refractivity contribution in [1.29, 1.82) is 0 Å². The highest BCUT2D eigenvalue weighted by Crippen LogP contribution is 2.42. The molecule has 1 aromatic carbocycles. The van der Waals surface area contributed by atoms with E-state index in [0.29, 0.717) is 5.91 Å². The molecule has 0 unspecified atom stereocenters. The summed E-state index contributed by atoms with van der Waals surface area (Å²) >= 11 is 6.29. The molecule has 1 aliphatic carbocycles. The van der Waals surface area contributed by atoms with Crippen molar-refractivity contribution in [2.24, 2.45) is 11.3 Å². The zero-order chi connectivity index (χ0) is 15.9. The average molecular weight is 333 g/mol. The number of amides is 1. The molecule has 2 aliphatic heterocycles. The molecular formula is C19H25ClN2O. The molecule has 3 nitrogen and oxygen atoms in total. The summed E-state index contributed by atoms with van der Waals surface area (Å²) in [5, 5.41) is 0.832. The van der Waals surface area contributed by atoms with Gasteiger partial charge >= 0.3 is 0 Å². The summed E-state index contributed by atoms with van der Waals surface area (Å²) in [6.45, 7) is 4.75. The fourth-order valence-electron chi connectivity index (χ4n) is 4.28. The quantitative estimate of drug-likeness (QED) is 0.841. The van der Waals surface area contributed by atoms with Crippen LogP contribution >= 0.6 is 11.6 Å². The second kappa shape index (κ2) is 6.10. The van der Waals surface area contributed by atoms with Crippen molar-refractivity contribution in [3.8, 4) is 0 Å². The summed E-state index contributed by atoms with van der Waals surface area (Å²) in [6, 6.07) is 8.05. The van der Waals surface area contributed by atoms with Crippen molar-refractivity contribution in [2.45, 2.75) is 38.6 Å². The molecule has 3 fully saturated rings. The van der Waals surface area contributed by atoms with Crippen LogP contribution in [-0.2, 0) is 11.3 Å². The number of halogens is 1. The first kappa shape index (κ1) is 15.5. The summed E-state index contributed by atoms with van der Waals surface area (Å²) in [7, 11) is 0. The van der Waals surface area contributed by atoms with E-state index in [-0.39, 0.29) is 5.41 Å². The lowest BCUT2D eigenvalue weighted by Gasteiger charge is -2.39. The SMILES string of the molecule is O=C1N(CC2CC2)CCC[C@@]12CCN(Cc1ccccc1Cl)C2. The van der Waals surface area contributed by atoms with Crippen LogP contribution in [0.2, 0.25) is 5.02 Å². The molecule has 0 bridgehead atoms. The minimum Gasteiger partial charge on any atom is -0.342 e. The predicted octanol–water partition coefficient (Wildman–Crippen LogP) is 3.56. The number of hydrogen-bond acceptors (Lipinski definition) is 2. The number of carbonyl (C=O) groups excluding carboxylic acids is 1. The van der Waals surface area contributed by atoms with E-state index in [1.54, 1.807) is 0 Å². The van der Waals surface area contributed by atoms with Gasteiger partial charge in [-0.2, -0.15) is 0 Å². The number of piperidine rings is 1. The minimum atomic E-state index is -0.117. The third-order valence-electron chi connectivity index (χ3n) is 5.78. The van der Waals surface area contributed by atoms with Gasteiger partial charge in [0.05, 0.1) is 5.41 Å². The third kappa shape index (κ3) is 3.14. The van der Waals surface area contributed by atoms with E-state index >= 15 is 0 Å². The number of rotatable bonds is 4. The monoisotopic (exact) mass is 332 g/mol. The number of benzene rings is 1. The Morgan fingerprint density at radius 1 is 1.17 bits per heavy atom. The Hall–Kier alpha value is -1.06. The van der Waals surface area contributed by atoms with Crippen LogP contribution in [0.15, 0.2) is 24.3 Å². The first-order valence-corrected chi connectivity index (χ1v) is 9.29. The lowest BCUT2D eigenvalue weighted by Crippen LogP contribution is -2.50. The maximum absolute atomic E-state index is 13.1. The van der Waals surface area contributed by atoms with Crippen LogP contribution in [0.3, 0.4) is 0 Å². The van der Waals surface area contributed by atoms with E-state index in [2.05, 4.69) is 15.9 Å². The van der Waals surface area contributed by atoms with Crippen molar-refractivity contribution < 1.29 is 4.79 Å². The average Bonchev–Trinajstić information content (AvgIpc) is 3.27. The van der Waals surface area contributed by atoms with Gasteiger partial charge in [0, 0.05) is 31.2 Å². The normalized spacial score (nSPS) is 28.7. The number of hydrogen-bond donors (Lipinski definition) is 0. The van der Waals surface area contributed by atoms with Gasteiger partial charge in [-0.25, -0.2) is 0 Å². The second-order valence-electron chi connectivity index (χ2n) is 7.63. The van der Waals surface area contributed by atoms with Gasteiger partial charge in [0.2, 0.25) is 5.91 Å². The molecule has 3 aliphatic rings. The van der Waals surface area contributed by atoms with E-state index in [0.717, 1.165) is 56.5 Å². The van der Waals surface area contributed by atoms with Gasteiger partial charge in [0.25, 0.3) is 0 Å². The van der Waals surface area contributed by atoms with Crippen molar-refractivity contribution >= 4 is 17.5 Å². The van der Waals surface area contributed by atoms with E-state index < -0.39 is 0 Å². The van der Waals surface area contributed by atoms with Crippen LogP contribution < -0.4 is 0 Å². The summed E-state index contributed by atoms with van der Waals surface area (Å²) in [5.74, 6) is 1.21. The molecule has 1 atom stereocenters. The Kier molecular flexibility index (Phi) is 4.10. The topological polar surface area (TPSA) is 23.6 Å². The first-order chi connectivity index (χ1) is 11.2. The Labute approximate surface area is 143 Å². The van der Waals surface area contributed by atoms with Crippen molar-refractivity contribution in [1.82, 2.24) is 9.80 Å². The zero-order valence-corrected chi connectivity index (χ0v) is 14.4. The van der Waals surface area contributed by atoms with E-state index in [1.807, 2.05) is 18.2 Å². The molecule has 1 spiro atoms. The smallest absolute Gasteiger partial charge is 0.230 e. The molecule has 124 valence electrons. The lowest BCUT2D eigenvalue weighted by atomic mass is 9.78. The van der Waals surface area contributed by atoms with Gasteiger partial charge in [-0.1, -0.05) is 29.8 Å². The van der Waals surface area contributed by atoms with Crippen molar-refractivity contribution in [2.75, 3.05) is 26.2 Å². The zero-order valence-electron chi connectivity index (χ0n) is 13.6. The Bertz CT molecular complexity index is 601. The molecule has 1 aromatic rings. The van der Waals surface area contributed by atoms with Gasteiger partial charge < -0.3 is 4.90 Å². The predicted molar refractivity (Wildman–Crippen MR) is 92.3 cm³/mol. The molecule has 0 radical (unpaired) electrons. The van der Waals surface area contributed by atoms with Crippen LogP contribution in [-0.4, -0.2) is 41.9 Å². The first-order valence-electron chi connectivity index (χ1n) is 8.91.